The lowest BCUT2D eigenvalue weighted by atomic mass is 10.1. The first kappa shape index (κ1) is 24.5. The minimum atomic E-state index is -0.739. The van der Waals surface area contributed by atoms with Gasteiger partial charge in [-0.3, -0.25) is 19.4 Å². The first-order valence-electron chi connectivity index (χ1n) is 11.2. The Morgan fingerprint density at radius 3 is 2.35 bits per heavy atom. The number of carbonyl (C=O) groups excluding carboxylic acids is 2. The lowest BCUT2D eigenvalue weighted by Gasteiger charge is -2.34. The van der Waals surface area contributed by atoms with E-state index in [1.807, 2.05) is 4.90 Å². The Labute approximate surface area is 209 Å². The van der Waals surface area contributed by atoms with Crippen LogP contribution in [0.3, 0.4) is 0 Å². The lowest BCUT2D eigenvalue weighted by Crippen LogP contribution is -2.48. The number of halogens is 2. The summed E-state index contributed by atoms with van der Waals surface area (Å²) in [6.45, 7) is 5.09. The molecule has 0 aromatic heterocycles. The number of amides is 2. The molecule has 10 heteroatoms. The predicted molar refractivity (Wildman–Crippen MR) is 136 cm³/mol. The Bertz CT molecular complexity index is 1040. The molecule has 2 saturated heterocycles. The van der Waals surface area contributed by atoms with Crippen LogP contribution in [0.4, 0.5) is 15.8 Å². The number of hydrogen-bond donors (Lipinski definition) is 1. The molecule has 2 amide bonds. The third-order valence-electron chi connectivity index (χ3n) is 6.16. The molecule has 4 rings (SSSR count). The second kappa shape index (κ2) is 10.8. The third kappa shape index (κ3) is 5.72. The van der Waals surface area contributed by atoms with Crippen LogP contribution >= 0.6 is 23.8 Å². The fourth-order valence-electron chi connectivity index (χ4n) is 4.16. The van der Waals surface area contributed by atoms with E-state index in [1.165, 1.54) is 29.2 Å². The van der Waals surface area contributed by atoms with Gasteiger partial charge in [0.1, 0.15) is 11.9 Å². The van der Waals surface area contributed by atoms with E-state index in [-0.39, 0.29) is 18.2 Å². The van der Waals surface area contributed by atoms with Crippen molar-refractivity contribution in [3.05, 3.63) is 59.4 Å². The van der Waals surface area contributed by atoms with Gasteiger partial charge in [-0.2, -0.15) is 0 Å². The van der Waals surface area contributed by atoms with Gasteiger partial charge in [-0.25, -0.2) is 4.39 Å². The zero-order chi connectivity index (χ0) is 24.2. The van der Waals surface area contributed by atoms with Gasteiger partial charge in [-0.1, -0.05) is 11.6 Å². The minimum absolute atomic E-state index is 0.0535. The number of thiocarbonyl (C=S) groups is 1. The summed E-state index contributed by atoms with van der Waals surface area (Å²) in [6.07, 6.45) is -0.0535. The van der Waals surface area contributed by atoms with Crippen LogP contribution in [-0.2, 0) is 9.59 Å². The van der Waals surface area contributed by atoms with Gasteiger partial charge in [0.15, 0.2) is 5.11 Å². The topological polar surface area (TPSA) is 59.1 Å². The molecule has 2 aromatic rings. The van der Waals surface area contributed by atoms with Crippen LogP contribution in [-0.4, -0.2) is 84.0 Å². The van der Waals surface area contributed by atoms with Crippen molar-refractivity contribution in [2.75, 3.05) is 56.5 Å². The SMILES string of the molecule is CN1CCN(CCN2C(=S)N(c3ccc(F)cc3)C(=O)C2CC(=O)Nc2ccc(Cl)cc2)CC1. The highest BCUT2D eigenvalue weighted by Crippen LogP contribution is 2.28. The summed E-state index contributed by atoms with van der Waals surface area (Å²) in [5.74, 6) is -0.984. The molecule has 1 unspecified atom stereocenters. The molecule has 2 heterocycles. The molecule has 180 valence electrons. The summed E-state index contributed by atoms with van der Waals surface area (Å²) < 4.78 is 13.5. The lowest BCUT2D eigenvalue weighted by molar-refractivity contribution is -0.124. The molecule has 1 N–H and O–H groups in total. The number of anilines is 2. The maximum absolute atomic E-state index is 13.5. The van der Waals surface area contributed by atoms with E-state index >= 15 is 0 Å². The Balaban J connectivity index is 1.50. The molecule has 0 bridgehead atoms. The van der Waals surface area contributed by atoms with Crippen molar-refractivity contribution < 1.29 is 14.0 Å². The van der Waals surface area contributed by atoms with E-state index in [0.29, 0.717) is 28.1 Å². The first-order chi connectivity index (χ1) is 16.3. The van der Waals surface area contributed by atoms with Crippen molar-refractivity contribution in [1.29, 1.82) is 0 Å². The number of carbonyl (C=O) groups is 2. The molecular formula is C24H27ClFN5O2S. The van der Waals surface area contributed by atoms with E-state index in [2.05, 4.69) is 22.2 Å². The Morgan fingerprint density at radius 2 is 1.71 bits per heavy atom. The third-order valence-corrected chi connectivity index (χ3v) is 6.83. The highest BCUT2D eigenvalue weighted by atomic mass is 35.5. The van der Waals surface area contributed by atoms with Crippen molar-refractivity contribution in [2.45, 2.75) is 12.5 Å². The summed E-state index contributed by atoms with van der Waals surface area (Å²) in [6, 6.07) is 11.7. The fraction of sp³-hybridized carbons (Fsp3) is 0.375. The number of hydrogen-bond acceptors (Lipinski definition) is 5. The van der Waals surface area contributed by atoms with Gasteiger partial charge in [0.2, 0.25) is 5.91 Å². The maximum Gasteiger partial charge on any atom is 0.256 e. The summed E-state index contributed by atoms with van der Waals surface area (Å²) in [5.41, 5.74) is 1.09. The van der Waals surface area contributed by atoms with Crippen LogP contribution in [0, 0.1) is 5.82 Å². The molecule has 0 spiro atoms. The second-order valence-electron chi connectivity index (χ2n) is 8.55. The fourth-order valence-corrected chi connectivity index (χ4v) is 4.70. The van der Waals surface area contributed by atoms with Gasteiger partial charge in [0, 0.05) is 50.0 Å². The van der Waals surface area contributed by atoms with Crippen LogP contribution in [0.1, 0.15) is 6.42 Å². The highest BCUT2D eigenvalue weighted by molar-refractivity contribution is 7.80. The van der Waals surface area contributed by atoms with Crippen LogP contribution in [0.2, 0.25) is 5.02 Å². The van der Waals surface area contributed by atoms with Crippen LogP contribution in [0.15, 0.2) is 48.5 Å². The molecule has 2 aliphatic heterocycles. The molecule has 2 fully saturated rings. The normalized spacial score (nSPS) is 19.7. The summed E-state index contributed by atoms with van der Waals surface area (Å²) in [4.78, 5) is 34.1. The monoisotopic (exact) mass is 503 g/mol. The largest absolute Gasteiger partial charge is 0.335 e. The Morgan fingerprint density at radius 1 is 1.06 bits per heavy atom. The van der Waals surface area contributed by atoms with Gasteiger partial charge >= 0.3 is 0 Å². The number of nitrogens with zero attached hydrogens (tertiary/aromatic N) is 4. The quantitative estimate of drug-likeness (QED) is 0.586. The second-order valence-corrected chi connectivity index (χ2v) is 9.35. The van der Waals surface area contributed by atoms with E-state index in [4.69, 9.17) is 23.8 Å². The number of nitrogens with one attached hydrogen (secondary N) is 1. The van der Waals surface area contributed by atoms with E-state index in [1.54, 1.807) is 24.3 Å². The van der Waals surface area contributed by atoms with Crippen LogP contribution < -0.4 is 10.2 Å². The van der Waals surface area contributed by atoms with Gasteiger partial charge < -0.3 is 15.1 Å². The average Bonchev–Trinajstić information content (AvgIpc) is 3.04. The zero-order valence-corrected chi connectivity index (χ0v) is 20.5. The predicted octanol–water partition coefficient (Wildman–Crippen LogP) is 3.06. The molecule has 0 radical (unpaired) electrons. The van der Waals surface area contributed by atoms with Crippen molar-refractivity contribution in [3.8, 4) is 0 Å². The smallest absolute Gasteiger partial charge is 0.256 e. The number of rotatable bonds is 7. The molecular weight excluding hydrogens is 477 g/mol. The molecule has 34 heavy (non-hydrogen) atoms. The molecule has 2 aliphatic rings. The van der Waals surface area contributed by atoms with Crippen LogP contribution in [0.5, 0.6) is 0 Å². The summed E-state index contributed by atoms with van der Waals surface area (Å²) in [5, 5.41) is 3.72. The van der Waals surface area contributed by atoms with Gasteiger partial charge in [-0.15, -0.1) is 0 Å². The zero-order valence-electron chi connectivity index (χ0n) is 18.9. The molecule has 0 aliphatic carbocycles. The van der Waals surface area contributed by atoms with Gasteiger partial charge in [0.25, 0.3) is 5.91 Å². The highest BCUT2D eigenvalue weighted by Gasteiger charge is 2.44. The van der Waals surface area contributed by atoms with Crippen molar-refractivity contribution in [3.63, 3.8) is 0 Å². The van der Waals surface area contributed by atoms with Gasteiger partial charge in [-0.05, 0) is 67.8 Å². The minimum Gasteiger partial charge on any atom is -0.335 e. The van der Waals surface area contributed by atoms with Crippen molar-refractivity contribution in [2.24, 2.45) is 0 Å². The molecule has 1 atom stereocenters. The Hall–Kier alpha value is -2.59. The van der Waals surface area contributed by atoms with E-state index in [9.17, 15) is 14.0 Å². The summed E-state index contributed by atoms with van der Waals surface area (Å²) >= 11 is 11.6. The Kier molecular flexibility index (Phi) is 7.77. The molecule has 7 nitrogen and oxygen atoms in total. The van der Waals surface area contributed by atoms with Crippen LogP contribution in [0.25, 0.3) is 0 Å². The van der Waals surface area contributed by atoms with Crippen molar-refractivity contribution in [1.82, 2.24) is 14.7 Å². The van der Waals surface area contributed by atoms with Crippen molar-refractivity contribution >= 4 is 52.1 Å². The van der Waals surface area contributed by atoms with E-state index < -0.39 is 11.9 Å². The number of benzene rings is 2. The molecule has 2 aromatic carbocycles. The van der Waals surface area contributed by atoms with E-state index in [0.717, 1.165) is 32.7 Å². The standard InChI is InChI=1S/C24H27ClFN5O2S/c1-28-10-12-29(13-11-28)14-15-30-21(16-22(32)27-19-6-2-17(25)3-7-19)23(33)31(24(30)34)20-8-4-18(26)5-9-20/h2-9,21H,10-16H2,1H3,(H,27,32). The number of piperazine rings is 1. The molecule has 0 saturated carbocycles. The first-order valence-corrected chi connectivity index (χ1v) is 12.0. The number of likely N-dealkylation sites (N-methyl/N-ethyl adjacent to an activating group) is 1. The maximum atomic E-state index is 13.5. The van der Waals surface area contributed by atoms with Gasteiger partial charge in [0.05, 0.1) is 12.1 Å². The summed E-state index contributed by atoms with van der Waals surface area (Å²) in [7, 11) is 2.10. The average molecular weight is 504 g/mol.